The molecule has 0 atom stereocenters. The van der Waals surface area contributed by atoms with Crippen molar-refractivity contribution in [1.82, 2.24) is 10.2 Å². The Kier molecular flexibility index (Phi) is 6.96. The highest BCUT2D eigenvalue weighted by Crippen LogP contribution is 2.28. The zero-order valence-electron chi connectivity index (χ0n) is 15.7. The summed E-state index contributed by atoms with van der Waals surface area (Å²) in [6.45, 7) is 7.08. The summed E-state index contributed by atoms with van der Waals surface area (Å²) >= 11 is 5.88. The van der Waals surface area contributed by atoms with E-state index in [9.17, 15) is 4.79 Å². The fourth-order valence-electron chi connectivity index (χ4n) is 3.20. The standard InChI is InChI=1S/C21H26ClN3O2/c1-2-27-20-6-4-3-5-19(20)25-13-11-24(12-14-25)16-21(26)23-15-17-7-9-18(22)10-8-17/h3-10H,2,11-16H2,1H3,(H,23,26). The Morgan fingerprint density at radius 3 is 2.48 bits per heavy atom. The lowest BCUT2D eigenvalue weighted by Crippen LogP contribution is -2.49. The van der Waals surface area contributed by atoms with Gasteiger partial charge in [-0.1, -0.05) is 35.9 Å². The fourth-order valence-corrected chi connectivity index (χ4v) is 3.33. The quantitative estimate of drug-likeness (QED) is 0.792. The van der Waals surface area contributed by atoms with E-state index < -0.39 is 0 Å². The van der Waals surface area contributed by atoms with Crippen molar-refractivity contribution in [3.8, 4) is 5.75 Å². The predicted octanol–water partition coefficient (Wildman–Crippen LogP) is 3.18. The smallest absolute Gasteiger partial charge is 0.234 e. The maximum atomic E-state index is 12.2. The van der Waals surface area contributed by atoms with E-state index in [1.807, 2.05) is 49.4 Å². The molecule has 2 aromatic rings. The van der Waals surface area contributed by atoms with E-state index >= 15 is 0 Å². The Hall–Kier alpha value is -2.24. The molecule has 0 unspecified atom stereocenters. The van der Waals surface area contributed by atoms with Crippen LogP contribution >= 0.6 is 11.6 Å². The highest BCUT2D eigenvalue weighted by atomic mass is 35.5. The fraction of sp³-hybridized carbons (Fsp3) is 0.381. The molecule has 0 aliphatic carbocycles. The maximum Gasteiger partial charge on any atom is 0.234 e. The van der Waals surface area contributed by atoms with Crippen LogP contribution in [0.4, 0.5) is 5.69 Å². The highest BCUT2D eigenvalue weighted by Gasteiger charge is 2.21. The SMILES string of the molecule is CCOc1ccccc1N1CCN(CC(=O)NCc2ccc(Cl)cc2)CC1. The van der Waals surface area contributed by atoms with Gasteiger partial charge in [-0.05, 0) is 36.8 Å². The number of ether oxygens (including phenoxy) is 1. The molecule has 6 heteroatoms. The molecule has 144 valence electrons. The number of halogens is 1. The third kappa shape index (κ3) is 5.62. The summed E-state index contributed by atoms with van der Waals surface area (Å²) in [7, 11) is 0. The third-order valence-corrected chi connectivity index (χ3v) is 4.90. The topological polar surface area (TPSA) is 44.8 Å². The predicted molar refractivity (Wildman–Crippen MR) is 110 cm³/mol. The van der Waals surface area contributed by atoms with Crippen LogP contribution in [0, 0.1) is 0 Å². The lowest BCUT2D eigenvalue weighted by atomic mass is 10.2. The van der Waals surface area contributed by atoms with Gasteiger partial charge in [0.2, 0.25) is 5.91 Å². The van der Waals surface area contributed by atoms with Crippen molar-refractivity contribution in [3.05, 3.63) is 59.1 Å². The van der Waals surface area contributed by atoms with E-state index in [1.54, 1.807) is 0 Å². The largest absolute Gasteiger partial charge is 0.492 e. The molecule has 0 aromatic heterocycles. The van der Waals surface area contributed by atoms with Gasteiger partial charge in [-0.25, -0.2) is 0 Å². The lowest BCUT2D eigenvalue weighted by Gasteiger charge is -2.36. The first-order valence-corrected chi connectivity index (χ1v) is 9.74. The highest BCUT2D eigenvalue weighted by molar-refractivity contribution is 6.30. The maximum absolute atomic E-state index is 12.2. The summed E-state index contributed by atoms with van der Waals surface area (Å²) in [5.74, 6) is 0.974. The van der Waals surface area contributed by atoms with Gasteiger partial charge in [0.05, 0.1) is 18.8 Å². The molecule has 1 saturated heterocycles. The number of carbonyl (C=O) groups excluding carboxylic acids is 1. The van der Waals surface area contributed by atoms with Crippen molar-refractivity contribution in [1.29, 1.82) is 0 Å². The minimum absolute atomic E-state index is 0.0492. The van der Waals surface area contributed by atoms with E-state index in [1.165, 1.54) is 0 Å². The third-order valence-electron chi connectivity index (χ3n) is 4.65. The molecular formula is C21H26ClN3O2. The van der Waals surface area contributed by atoms with Gasteiger partial charge in [0, 0.05) is 37.7 Å². The molecule has 0 bridgehead atoms. The molecule has 1 aliphatic heterocycles. The van der Waals surface area contributed by atoms with E-state index in [-0.39, 0.29) is 5.91 Å². The van der Waals surface area contributed by atoms with Gasteiger partial charge in [-0.15, -0.1) is 0 Å². The van der Waals surface area contributed by atoms with Gasteiger partial charge in [-0.2, -0.15) is 0 Å². The molecular weight excluding hydrogens is 362 g/mol. The van der Waals surface area contributed by atoms with Crippen LogP contribution in [0.1, 0.15) is 12.5 Å². The van der Waals surface area contributed by atoms with Crippen LogP contribution < -0.4 is 15.0 Å². The van der Waals surface area contributed by atoms with E-state index in [0.717, 1.165) is 43.2 Å². The summed E-state index contributed by atoms with van der Waals surface area (Å²) in [5.41, 5.74) is 2.18. The second kappa shape index (κ2) is 9.62. The number of hydrogen-bond acceptors (Lipinski definition) is 4. The minimum atomic E-state index is 0.0492. The van der Waals surface area contributed by atoms with Gasteiger partial charge in [0.25, 0.3) is 0 Å². The number of carbonyl (C=O) groups is 1. The zero-order valence-corrected chi connectivity index (χ0v) is 16.4. The number of rotatable bonds is 7. The number of hydrogen-bond donors (Lipinski definition) is 1. The van der Waals surface area contributed by atoms with Crippen LogP contribution in [0.3, 0.4) is 0 Å². The number of anilines is 1. The summed E-state index contributed by atoms with van der Waals surface area (Å²) in [5, 5.41) is 3.68. The number of benzene rings is 2. The Balaban J connectivity index is 1.45. The molecule has 3 rings (SSSR count). The number of piperazine rings is 1. The van der Waals surface area contributed by atoms with Crippen LogP contribution in [-0.4, -0.2) is 50.1 Å². The average Bonchev–Trinajstić information content (AvgIpc) is 2.69. The van der Waals surface area contributed by atoms with Gasteiger partial charge in [-0.3, -0.25) is 9.69 Å². The number of amides is 1. The van der Waals surface area contributed by atoms with Crippen LogP contribution in [0.5, 0.6) is 5.75 Å². The summed E-state index contributed by atoms with van der Waals surface area (Å²) in [6, 6.07) is 15.7. The van der Waals surface area contributed by atoms with Crippen LogP contribution in [0.2, 0.25) is 5.02 Å². The molecule has 0 saturated carbocycles. The summed E-state index contributed by atoms with van der Waals surface area (Å²) in [6.07, 6.45) is 0. The molecule has 0 spiro atoms. The second-order valence-electron chi connectivity index (χ2n) is 6.57. The Morgan fingerprint density at radius 1 is 1.07 bits per heavy atom. The average molecular weight is 388 g/mol. The molecule has 2 aromatic carbocycles. The molecule has 1 fully saturated rings. The molecule has 1 N–H and O–H groups in total. The van der Waals surface area contributed by atoms with Crippen molar-refractivity contribution in [2.75, 3.05) is 44.2 Å². The second-order valence-corrected chi connectivity index (χ2v) is 7.00. The van der Waals surface area contributed by atoms with E-state index in [4.69, 9.17) is 16.3 Å². The molecule has 1 amide bonds. The first-order chi connectivity index (χ1) is 13.2. The van der Waals surface area contributed by atoms with E-state index in [0.29, 0.717) is 24.7 Å². The Morgan fingerprint density at radius 2 is 1.78 bits per heavy atom. The zero-order chi connectivity index (χ0) is 19.1. The summed E-state index contributed by atoms with van der Waals surface area (Å²) < 4.78 is 5.74. The van der Waals surface area contributed by atoms with Gasteiger partial charge < -0.3 is 15.0 Å². The van der Waals surface area contributed by atoms with Crippen LogP contribution in [-0.2, 0) is 11.3 Å². The van der Waals surface area contributed by atoms with Crippen LogP contribution in [0.25, 0.3) is 0 Å². The Bertz CT molecular complexity index is 743. The minimum Gasteiger partial charge on any atom is -0.492 e. The first-order valence-electron chi connectivity index (χ1n) is 9.36. The number of para-hydroxylation sites is 2. The van der Waals surface area contributed by atoms with Gasteiger partial charge in [0.1, 0.15) is 5.75 Å². The molecule has 0 radical (unpaired) electrons. The van der Waals surface area contributed by atoms with Crippen molar-refractivity contribution in [3.63, 3.8) is 0 Å². The molecule has 1 aliphatic rings. The van der Waals surface area contributed by atoms with Crippen LogP contribution in [0.15, 0.2) is 48.5 Å². The van der Waals surface area contributed by atoms with Crippen molar-refractivity contribution in [2.24, 2.45) is 0 Å². The number of nitrogens with zero attached hydrogens (tertiary/aromatic N) is 2. The lowest BCUT2D eigenvalue weighted by molar-refractivity contribution is -0.122. The monoisotopic (exact) mass is 387 g/mol. The van der Waals surface area contributed by atoms with Crippen molar-refractivity contribution >= 4 is 23.2 Å². The van der Waals surface area contributed by atoms with Crippen molar-refractivity contribution < 1.29 is 9.53 Å². The van der Waals surface area contributed by atoms with Crippen molar-refractivity contribution in [2.45, 2.75) is 13.5 Å². The summed E-state index contributed by atoms with van der Waals surface area (Å²) in [4.78, 5) is 16.7. The van der Waals surface area contributed by atoms with Gasteiger partial charge >= 0.3 is 0 Å². The number of nitrogens with one attached hydrogen (secondary N) is 1. The normalized spacial score (nSPS) is 14.8. The molecule has 1 heterocycles. The van der Waals surface area contributed by atoms with E-state index in [2.05, 4.69) is 21.2 Å². The first kappa shape index (κ1) is 19.5. The molecule has 5 nitrogen and oxygen atoms in total. The molecule has 27 heavy (non-hydrogen) atoms. The Labute approximate surface area is 165 Å². The van der Waals surface area contributed by atoms with Gasteiger partial charge in [0.15, 0.2) is 0 Å².